The fourth-order valence-electron chi connectivity index (χ4n) is 3.38. The predicted molar refractivity (Wildman–Crippen MR) is 128 cm³/mol. The van der Waals surface area contributed by atoms with Crippen LogP contribution in [-0.2, 0) is 6.54 Å². The molecule has 0 aliphatic rings. The van der Waals surface area contributed by atoms with Gasteiger partial charge < -0.3 is 5.32 Å². The Morgan fingerprint density at radius 1 is 0.677 bits per heavy atom. The van der Waals surface area contributed by atoms with E-state index in [1.54, 1.807) is 17.7 Å². The minimum absolute atomic E-state index is 0.677. The van der Waals surface area contributed by atoms with Gasteiger partial charge in [0.25, 0.3) is 0 Å². The van der Waals surface area contributed by atoms with Gasteiger partial charge in [-0.05, 0) is 11.6 Å². The molecule has 4 nitrogen and oxygen atoms in total. The van der Waals surface area contributed by atoms with Crippen molar-refractivity contribution in [1.82, 2.24) is 15.0 Å². The summed E-state index contributed by atoms with van der Waals surface area (Å²) >= 11 is 1.67. The molecule has 0 saturated heterocycles. The summed E-state index contributed by atoms with van der Waals surface area (Å²) in [5.74, 6) is 0.805. The first-order valence-electron chi connectivity index (χ1n) is 10.1. The Labute approximate surface area is 185 Å². The molecule has 5 rings (SSSR count). The van der Waals surface area contributed by atoms with Crippen LogP contribution < -0.4 is 5.32 Å². The van der Waals surface area contributed by atoms with Crippen LogP contribution in [0.25, 0.3) is 33.1 Å². The third-order valence-corrected chi connectivity index (χ3v) is 5.85. The van der Waals surface area contributed by atoms with Gasteiger partial charge in [-0.1, -0.05) is 78.9 Å². The lowest BCUT2D eigenvalue weighted by Crippen LogP contribution is -2.02. The maximum atomic E-state index is 4.83. The monoisotopic (exact) mass is 420 g/mol. The van der Waals surface area contributed by atoms with Crippen LogP contribution >= 0.6 is 11.3 Å². The smallest absolute Gasteiger partial charge is 0.130 e. The van der Waals surface area contributed by atoms with E-state index >= 15 is 0 Å². The Bertz CT molecular complexity index is 1280. The first-order valence-corrected chi connectivity index (χ1v) is 10.9. The topological polar surface area (TPSA) is 50.7 Å². The standard InChI is InChI=1S/C26H20N4S/c1-3-9-20(10-4-1)23-15-25(29-18-28-23)27-16-19-8-7-13-22(14-19)26-30-24(17-31-26)21-11-5-2-6-12-21/h1-15,17-18H,16H2,(H,27,28,29). The van der Waals surface area contributed by atoms with E-state index in [1.165, 1.54) is 5.56 Å². The zero-order chi connectivity index (χ0) is 20.9. The maximum absolute atomic E-state index is 4.83. The van der Waals surface area contributed by atoms with Crippen LogP contribution in [0.5, 0.6) is 0 Å². The molecule has 5 heteroatoms. The van der Waals surface area contributed by atoms with Crippen LogP contribution in [-0.4, -0.2) is 15.0 Å². The second-order valence-electron chi connectivity index (χ2n) is 7.11. The van der Waals surface area contributed by atoms with Gasteiger partial charge in [-0.25, -0.2) is 15.0 Å². The van der Waals surface area contributed by atoms with E-state index in [0.29, 0.717) is 6.54 Å². The molecule has 1 N–H and O–H groups in total. The summed E-state index contributed by atoms with van der Waals surface area (Å²) in [6, 6.07) is 30.9. The van der Waals surface area contributed by atoms with Crippen molar-refractivity contribution >= 4 is 17.2 Å². The van der Waals surface area contributed by atoms with Gasteiger partial charge >= 0.3 is 0 Å². The number of nitrogens with one attached hydrogen (secondary N) is 1. The van der Waals surface area contributed by atoms with Crippen molar-refractivity contribution in [3.05, 3.63) is 108 Å². The van der Waals surface area contributed by atoms with Gasteiger partial charge in [-0.3, -0.25) is 0 Å². The summed E-state index contributed by atoms with van der Waals surface area (Å²) in [7, 11) is 0. The molecule has 0 saturated carbocycles. The molecule has 150 valence electrons. The van der Waals surface area contributed by atoms with Crippen molar-refractivity contribution in [3.8, 4) is 33.1 Å². The third kappa shape index (κ3) is 4.52. The predicted octanol–water partition coefficient (Wildman–Crippen LogP) is 6.55. The van der Waals surface area contributed by atoms with E-state index in [2.05, 4.69) is 57.1 Å². The van der Waals surface area contributed by atoms with Gasteiger partial charge in [0.2, 0.25) is 0 Å². The normalized spacial score (nSPS) is 10.7. The summed E-state index contributed by atoms with van der Waals surface area (Å²) in [4.78, 5) is 13.6. The number of hydrogen-bond donors (Lipinski definition) is 1. The molecule has 0 unspecified atom stereocenters. The fraction of sp³-hybridized carbons (Fsp3) is 0.0385. The Balaban J connectivity index is 1.31. The van der Waals surface area contributed by atoms with Crippen molar-refractivity contribution in [2.75, 3.05) is 5.32 Å². The van der Waals surface area contributed by atoms with Gasteiger partial charge in [-0.2, -0.15) is 0 Å². The number of thiazole rings is 1. The van der Waals surface area contributed by atoms with E-state index in [4.69, 9.17) is 4.98 Å². The van der Waals surface area contributed by atoms with E-state index in [1.807, 2.05) is 54.6 Å². The zero-order valence-corrected chi connectivity index (χ0v) is 17.6. The lowest BCUT2D eigenvalue weighted by molar-refractivity contribution is 1.08. The molecule has 0 fully saturated rings. The molecule has 0 aliphatic heterocycles. The highest BCUT2D eigenvalue weighted by Gasteiger charge is 2.08. The molecule has 0 radical (unpaired) electrons. The van der Waals surface area contributed by atoms with Crippen molar-refractivity contribution < 1.29 is 0 Å². The summed E-state index contributed by atoms with van der Waals surface area (Å²) in [6.45, 7) is 0.677. The maximum Gasteiger partial charge on any atom is 0.130 e. The molecule has 31 heavy (non-hydrogen) atoms. The highest BCUT2D eigenvalue weighted by molar-refractivity contribution is 7.13. The van der Waals surface area contributed by atoms with Crippen LogP contribution in [0.1, 0.15) is 5.56 Å². The van der Waals surface area contributed by atoms with Crippen molar-refractivity contribution in [3.63, 3.8) is 0 Å². The molecule has 5 aromatic rings. The number of hydrogen-bond acceptors (Lipinski definition) is 5. The molecule has 0 aliphatic carbocycles. The summed E-state index contributed by atoms with van der Waals surface area (Å²) in [6.07, 6.45) is 1.60. The van der Waals surface area contributed by atoms with Gasteiger partial charge in [-0.15, -0.1) is 11.3 Å². The number of rotatable bonds is 6. The average molecular weight is 421 g/mol. The van der Waals surface area contributed by atoms with E-state index < -0.39 is 0 Å². The lowest BCUT2D eigenvalue weighted by Gasteiger charge is -2.08. The van der Waals surface area contributed by atoms with Gasteiger partial charge in [0.15, 0.2) is 0 Å². The number of anilines is 1. The number of benzene rings is 3. The minimum atomic E-state index is 0.677. The number of nitrogens with zero attached hydrogens (tertiary/aromatic N) is 3. The lowest BCUT2D eigenvalue weighted by atomic mass is 10.1. The SMILES string of the molecule is c1ccc(-c2cc(NCc3cccc(-c4nc(-c5ccccc5)cs4)c3)ncn2)cc1. The molecule has 0 bridgehead atoms. The van der Waals surface area contributed by atoms with Crippen molar-refractivity contribution in [1.29, 1.82) is 0 Å². The Hall–Kier alpha value is -3.83. The van der Waals surface area contributed by atoms with Gasteiger partial charge in [0, 0.05) is 34.7 Å². The molecule has 0 spiro atoms. The van der Waals surface area contributed by atoms with Crippen molar-refractivity contribution in [2.24, 2.45) is 0 Å². The molecule has 0 atom stereocenters. The van der Waals surface area contributed by atoms with Crippen LogP contribution in [0.3, 0.4) is 0 Å². The highest BCUT2D eigenvalue weighted by Crippen LogP contribution is 2.29. The van der Waals surface area contributed by atoms with E-state index in [-0.39, 0.29) is 0 Å². The third-order valence-electron chi connectivity index (χ3n) is 4.96. The summed E-state index contributed by atoms with van der Waals surface area (Å²) in [5, 5.41) is 6.55. The summed E-state index contributed by atoms with van der Waals surface area (Å²) < 4.78 is 0. The molecule has 0 amide bonds. The Morgan fingerprint density at radius 2 is 1.39 bits per heavy atom. The van der Waals surface area contributed by atoms with Crippen molar-refractivity contribution in [2.45, 2.75) is 6.54 Å². The van der Waals surface area contributed by atoms with Crippen LogP contribution in [0.15, 0.2) is 103 Å². The molecule has 2 aromatic heterocycles. The van der Waals surface area contributed by atoms with E-state index in [9.17, 15) is 0 Å². The zero-order valence-electron chi connectivity index (χ0n) is 16.8. The van der Waals surface area contributed by atoms with Gasteiger partial charge in [0.1, 0.15) is 17.2 Å². The summed E-state index contributed by atoms with van der Waals surface area (Å²) in [5.41, 5.74) is 6.43. The molecule has 2 heterocycles. The van der Waals surface area contributed by atoms with E-state index in [0.717, 1.165) is 38.9 Å². The first-order chi connectivity index (χ1) is 15.3. The second kappa shape index (κ2) is 8.90. The first kappa shape index (κ1) is 19.2. The quantitative estimate of drug-likeness (QED) is 0.339. The van der Waals surface area contributed by atoms with Gasteiger partial charge in [0.05, 0.1) is 11.4 Å². The number of aromatic nitrogens is 3. The van der Waals surface area contributed by atoms with Crippen LogP contribution in [0, 0.1) is 0 Å². The minimum Gasteiger partial charge on any atom is -0.366 e. The Morgan fingerprint density at radius 3 is 2.16 bits per heavy atom. The largest absolute Gasteiger partial charge is 0.366 e. The highest BCUT2D eigenvalue weighted by atomic mass is 32.1. The van der Waals surface area contributed by atoms with Crippen LogP contribution in [0.2, 0.25) is 0 Å². The average Bonchev–Trinajstić information content (AvgIpc) is 3.35. The van der Waals surface area contributed by atoms with Crippen LogP contribution in [0.4, 0.5) is 5.82 Å². The Kier molecular flexibility index (Phi) is 5.50. The second-order valence-corrected chi connectivity index (χ2v) is 7.97. The fourth-order valence-corrected chi connectivity index (χ4v) is 4.20. The molecular weight excluding hydrogens is 400 g/mol. The molecular formula is C26H20N4S. The molecule has 3 aromatic carbocycles.